The van der Waals surface area contributed by atoms with E-state index in [1.165, 1.54) is 0 Å². The Hall–Kier alpha value is -2.51. The van der Waals surface area contributed by atoms with E-state index in [2.05, 4.69) is 19.9 Å². The molecule has 4 heteroatoms. The molecule has 0 spiro atoms. The summed E-state index contributed by atoms with van der Waals surface area (Å²) in [5, 5.41) is 9.09. The van der Waals surface area contributed by atoms with Crippen molar-refractivity contribution >= 4 is 0 Å². The van der Waals surface area contributed by atoms with E-state index in [-0.39, 0.29) is 5.41 Å². The SMILES string of the molecule is COc1ccc(COCC(C)(C)COc2ccccc2C#N)cc1. The number of hydrogen-bond donors (Lipinski definition) is 0. The molecule has 0 aliphatic heterocycles. The monoisotopic (exact) mass is 325 g/mol. The molecule has 0 saturated heterocycles. The van der Waals surface area contributed by atoms with Gasteiger partial charge in [-0.15, -0.1) is 0 Å². The van der Waals surface area contributed by atoms with Gasteiger partial charge in [-0.2, -0.15) is 5.26 Å². The summed E-state index contributed by atoms with van der Waals surface area (Å²) in [7, 11) is 1.65. The normalized spacial score (nSPS) is 10.9. The number of nitriles is 1. The molecule has 0 radical (unpaired) electrons. The molecule has 2 aromatic rings. The van der Waals surface area contributed by atoms with Crippen LogP contribution in [0.5, 0.6) is 11.5 Å². The first-order valence-electron chi connectivity index (χ1n) is 7.87. The summed E-state index contributed by atoms with van der Waals surface area (Å²) in [5.41, 5.74) is 1.49. The van der Waals surface area contributed by atoms with Gasteiger partial charge in [0.25, 0.3) is 0 Å². The molecule has 0 unspecified atom stereocenters. The first-order chi connectivity index (χ1) is 11.5. The van der Waals surface area contributed by atoms with Gasteiger partial charge >= 0.3 is 0 Å². The minimum Gasteiger partial charge on any atom is -0.497 e. The summed E-state index contributed by atoms with van der Waals surface area (Å²) in [6.45, 7) is 5.75. The zero-order valence-electron chi connectivity index (χ0n) is 14.4. The first-order valence-corrected chi connectivity index (χ1v) is 7.87. The lowest BCUT2D eigenvalue weighted by molar-refractivity contribution is 0.0258. The largest absolute Gasteiger partial charge is 0.497 e. The third kappa shape index (κ3) is 5.29. The van der Waals surface area contributed by atoms with Gasteiger partial charge in [0.05, 0.1) is 32.5 Å². The van der Waals surface area contributed by atoms with E-state index in [0.29, 0.717) is 31.1 Å². The van der Waals surface area contributed by atoms with Gasteiger partial charge in [0.15, 0.2) is 0 Å². The maximum atomic E-state index is 9.09. The van der Waals surface area contributed by atoms with Crippen LogP contribution in [0.4, 0.5) is 0 Å². The van der Waals surface area contributed by atoms with Crippen LogP contribution in [0.25, 0.3) is 0 Å². The molecule has 0 fully saturated rings. The number of benzene rings is 2. The Balaban J connectivity index is 1.81. The molecular formula is C20H23NO3. The van der Waals surface area contributed by atoms with Gasteiger partial charge in [-0.3, -0.25) is 0 Å². The Kier molecular flexibility index (Phi) is 6.22. The molecule has 0 N–H and O–H groups in total. The Morgan fingerprint density at radius 1 is 1.00 bits per heavy atom. The van der Waals surface area contributed by atoms with Gasteiger partial charge in [0.2, 0.25) is 0 Å². The van der Waals surface area contributed by atoms with Crippen molar-refractivity contribution in [3.8, 4) is 17.6 Å². The fourth-order valence-electron chi connectivity index (χ4n) is 2.17. The van der Waals surface area contributed by atoms with E-state index in [1.54, 1.807) is 13.2 Å². The second kappa shape index (κ2) is 8.37. The number of methoxy groups -OCH3 is 1. The highest BCUT2D eigenvalue weighted by Gasteiger charge is 2.20. The Morgan fingerprint density at radius 3 is 2.38 bits per heavy atom. The zero-order chi connectivity index (χ0) is 17.4. The van der Waals surface area contributed by atoms with Crippen molar-refractivity contribution in [2.24, 2.45) is 5.41 Å². The third-order valence-corrected chi connectivity index (χ3v) is 3.55. The Morgan fingerprint density at radius 2 is 1.71 bits per heavy atom. The topological polar surface area (TPSA) is 51.5 Å². The van der Waals surface area contributed by atoms with Crippen molar-refractivity contribution in [2.75, 3.05) is 20.3 Å². The number of hydrogen-bond acceptors (Lipinski definition) is 4. The highest BCUT2D eigenvalue weighted by Crippen LogP contribution is 2.22. The number of para-hydroxylation sites is 1. The average Bonchev–Trinajstić information content (AvgIpc) is 2.61. The number of ether oxygens (including phenoxy) is 3. The van der Waals surface area contributed by atoms with Crippen LogP contribution in [0, 0.1) is 16.7 Å². The van der Waals surface area contributed by atoms with Crippen LogP contribution in [-0.4, -0.2) is 20.3 Å². The van der Waals surface area contributed by atoms with Crippen LogP contribution in [-0.2, 0) is 11.3 Å². The van der Waals surface area contributed by atoms with Crippen LogP contribution < -0.4 is 9.47 Å². The van der Waals surface area contributed by atoms with E-state index in [9.17, 15) is 0 Å². The summed E-state index contributed by atoms with van der Waals surface area (Å²) in [5.74, 6) is 1.45. The smallest absolute Gasteiger partial charge is 0.137 e. The maximum absolute atomic E-state index is 9.09. The summed E-state index contributed by atoms with van der Waals surface area (Å²) in [6.07, 6.45) is 0. The quantitative estimate of drug-likeness (QED) is 0.730. The molecule has 0 aromatic heterocycles. The molecule has 0 aliphatic carbocycles. The maximum Gasteiger partial charge on any atom is 0.137 e. The van der Waals surface area contributed by atoms with Gasteiger partial charge < -0.3 is 14.2 Å². The van der Waals surface area contributed by atoms with E-state index < -0.39 is 0 Å². The van der Waals surface area contributed by atoms with Crippen molar-refractivity contribution in [2.45, 2.75) is 20.5 Å². The van der Waals surface area contributed by atoms with Crippen LogP contribution >= 0.6 is 0 Å². The van der Waals surface area contributed by atoms with Crippen molar-refractivity contribution in [1.82, 2.24) is 0 Å². The Labute approximate surface area is 143 Å². The molecule has 4 nitrogen and oxygen atoms in total. The molecule has 0 saturated carbocycles. The predicted octanol–water partition coefficient (Wildman–Crippen LogP) is 4.19. The van der Waals surface area contributed by atoms with Gasteiger partial charge in [0.1, 0.15) is 17.6 Å². The molecule has 0 heterocycles. The van der Waals surface area contributed by atoms with Gasteiger partial charge in [-0.25, -0.2) is 0 Å². The summed E-state index contributed by atoms with van der Waals surface area (Å²) < 4.78 is 16.8. The minimum atomic E-state index is -0.158. The minimum absolute atomic E-state index is 0.158. The molecule has 126 valence electrons. The third-order valence-electron chi connectivity index (χ3n) is 3.55. The fourth-order valence-corrected chi connectivity index (χ4v) is 2.17. The molecule has 0 amide bonds. The molecule has 2 aromatic carbocycles. The van der Waals surface area contributed by atoms with E-state index in [0.717, 1.165) is 11.3 Å². The van der Waals surface area contributed by atoms with Gasteiger partial charge in [-0.05, 0) is 29.8 Å². The summed E-state index contributed by atoms with van der Waals surface area (Å²) in [6, 6.07) is 17.2. The molecular weight excluding hydrogens is 302 g/mol. The fraction of sp³-hybridized carbons (Fsp3) is 0.350. The lowest BCUT2D eigenvalue weighted by Crippen LogP contribution is -2.27. The van der Waals surface area contributed by atoms with Crippen molar-refractivity contribution in [1.29, 1.82) is 5.26 Å². The molecule has 0 bridgehead atoms. The highest BCUT2D eigenvalue weighted by atomic mass is 16.5. The second-order valence-electron chi connectivity index (χ2n) is 6.40. The molecule has 24 heavy (non-hydrogen) atoms. The zero-order valence-corrected chi connectivity index (χ0v) is 14.4. The Bertz CT molecular complexity index is 687. The summed E-state index contributed by atoms with van der Waals surface area (Å²) >= 11 is 0. The van der Waals surface area contributed by atoms with Crippen LogP contribution in [0.2, 0.25) is 0 Å². The van der Waals surface area contributed by atoms with Crippen LogP contribution in [0.15, 0.2) is 48.5 Å². The van der Waals surface area contributed by atoms with E-state index in [1.807, 2.05) is 42.5 Å². The standard InChI is InChI=1S/C20H23NO3/c1-20(2,15-24-19-7-5-4-6-17(19)12-21)14-23-13-16-8-10-18(22-3)11-9-16/h4-11H,13-15H2,1-3H3. The van der Waals surface area contributed by atoms with Gasteiger partial charge in [0, 0.05) is 5.41 Å². The number of rotatable bonds is 8. The van der Waals surface area contributed by atoms with Crippen LogP contribution in [0.1, 0.15) is 25.0 Å². The van der Waals surface area contributed by atoms with Crippen molar-refractivity contribution in [3.63, 3.8) is 0 Å². The van der Waals surface area contributed by atoms with Crippen LogP contribution in [0.3, 0.4) is 0 Å². The summed E-state index contributed by atoms with van der Waals surface area (Å²) in [4.78, 5) is 0. The van der Waals surface area contributed by atoms with Crippen molar-refractivity contribution < 1.29 is 14.2 Å². The lowest BCUT2D eigenvalue weighted by atomic mass is 9.96. The predicted molar refractivity (Wildman–Crippen MR) is 93.1 cm³/mol. The van der Waals surface area contributed by atoms with Gasteiger partial charge in [-0.1, -0.05) is 38.1 Å². The highest BCUT2D eigenvalue weighted by molar-refractivity contribution is 5.42. The van der Waals surface area contributed by atoms with E-state index in [4.69, 9.17) is 19.5 Å². The number of nitrogens with zero attached hydrogens (tertiary/aromatic N) is 1. The molecule has 2 rings (SSSR count). The first kappa shape index (κ1) is 17.8. The van der Waals surface area contributed by atoms with Crippen molar-refractivity contribution in [3.05, 3.63) is 59.7 Å². The lowest BCUT2D eigenvalue weighted by Gasteiger charge is -2.25. The molecule has 0 aliphatic rings. The second-order valence-corrected chi connectivity index (χ2v) is 6.40. The van der Waals surface area contributed by atoms with E-state index >= 15 is 0 Å². The average molecular weight is 325 g/mol. The molecule has 0 atom stereocenters.